The van der Waals surface area contributed by atoms with Gasteiger partial charge >= 0.3 is 0 Å². The molecule has 110 valence electrons. The van der Waals surface area contributed by atoms with Crippen LogP contribution in [0.5, 0.6) is 0 Å². The lowest BCUT2D eigenvalue weighted by atomic mass is 10.0. The number of hydrogen-bond acceptors (Lipinski definition) is 2. The molecule has 3 nitrogen and oxygen atoms in total. The van der Waals surface area contributed by atoms with Crippen LogP contribution in [0.1, 0.15) is 37.0 Å². The van der Waals surface area contributed by atoms with Crippen LogP contribution in [0.2, 0.25) is 5.15 Å². The van der Waals surface area contributed by atoms with Gasteiger partial charge in [0.15, 0.2) is 0 Å². The third-order valence-corrected chi connectivity index (χ3v) is 4.61. The third-order valence-electron chi connectivity index (χ3n) is 4.31. The van der Waals surface area contributed by atoms with Gasteiger partial charge in [-0.1, -0.05) is 49.7 Å². The summed E-state index contributed by atoms with van der Waals surface area (Å²) in [5.74, 6) is 0.551. The van der Waals surface area contributed by atoms with Gasteiger partial charge in [-0.3, -0.25) is 4.79 Å². The molecule has 1 aromatic heterocycles. The number of fused-ring (bicyclic) bond motifs is 1. The van der Waals surface area contributed by atoms with Crippen molar-refractivity contribution in [2.75, 3.05) is 6.54 Å². The van der Waals surface area contributed by atoms with Gasteiger partial charge in [0.25, 0.3) is 5.91 Å². The first kappa shape index (κ1) is 14.3. The quantitative estimate of drug-likeness (QED) is 0.781. The number of hydrogen-bond donors (Lipinski definition) is 0. The molecule has 3 rings (SSSR count). The molecule has 0 saturated carbocycles. The van der Waals surface area contributed by atoms with E-state index in [1.54, 1.807) is 6.20 Å². The van der Waals surface area contributed by atoms with E-state index in [4.69, 9.17) is 11.6 Å². The van der Waals surface area contributed by atoms with Gasteiger partial charge in [0.05, 0.1) is 5.56 Å². The van der Waals surface area contributed by atoms with Crippen molar-refractivity contribution in [3.63, 3.8) is 0 Å². The number of benzene rings is 1. The average molecular weight is 303 g/mol. The van der Waals surface area contributed by atoms with Crippen molar-refractivity contribution in [1.82, 2.24) is 9.88 Å². The molecule has 1 aliphatic rings. The van der Waals surface area contributed by atoms with Crippen LogP contribution in [0.3, 0.4) is 0 Å². The molecule has 0 radical (unpaired) electrons. The fraction of sp³-hybridized carbons (Fsp3) is 0.412. The van der Waals surface area contributed by atoms with Crippen molar-refractivity contribution in [3.05, 3.63) is 41.2 Å². The Morgan fingerprint density at radius 1 is 1.33 bits per heavy atom. The summed E-state index contributed by atoms with van der Waals surface area (Å²) in [7, 11) is 0. The Balaban J connectivity index is 2.04. The zero-order valence-corrected chi connectivity index (χ0v) is 13.1. The summed E-state index contributed by atoms with van der Waals surface area (Å²) in [4.78, 5) is 19.1. The number of carbonyl (C=O) groups excluding carboxylic acids is 1. The standard InChI is InChI=1S/C17H19ClN2O/c1-11(2)15-8-5-9-20(15)17(21)14-10-19-16(18)13-7-4-3-6-12(13)14/h3-4,6-7,10-11,15H,5,8-9H2,1-2H3. The van der Waals surface area contributed by atoms with Gasteiger partial charge in [0.1, 0.15) is 5.15 Å². The minimum Gasteiger partial charge on any atom is -0.335 e. The number of pyridine rings is 1. The van der Waals surface area contributed by atoms with E-state index in [0.29, 0.717) is 22.7 Å². The molecule has 0 N–H and O–H groups in total. The van der Waals surface area contributed by atoms with Crippen LogP contribution < -0.4 is 0 Å². The molecule has 1 saturated heterocycles. The van der Waals surface area contributed by atoms with Crippen LogP contribution in [-0.2, 0) is 0 Å². The van der Waals surface area contributed by atoms with E-state index >= 15 is 0 Å². The smallest absolute Gasteiger partial charge is 0.256 e. The number of rotatable bonds is 2. The van der Waals surface area contributed by atoms with Gasteiger partial charge in [-0.25, -0.2) is 4.98 Å². The van der Waals surface area contributed by atoms with Crippen LogP contribution in [0.15, 0.2) is 30.5 Å². The molecule has 1 unspecified atom stereocenters. The van der Waals surface area contributed by atoms with Gasteiger partial charge in [-0.05, 0) is 24.1 Å². The first-order valence-corrected chi connectivity index (χ1v) is 7.81. The van der Waals surface area contributed by atoms with Crippen LogP contribution in [0.4, 0.5) is 0 Å². The first-order valence-electron chi connectivity index (χ1n) is 7.44. The molecule has 0 bridgehead atoms. The van der Waals surface area contributed by atoms with Crippen molar-refractivity contribution < 1.29 is 4.79 Å². The molecule has 2 aromatic rings. The summed E-state index contributed by atoms with van der Waals surface area (Å²) in [6.45, 7) is 5.18. The van der Waals surface area contributed by atoms with E-state index in [-0.39, 0.29) is 5.91 Å². The number of likely N-dealkylation sites (tertiary alicyclic amines) is 1. The molecule has 0 aliphatic carbocycles. The second-order valence-electron chi connectivity index (χ2n) is 5.96. The highest BCUT2D eigenvalue weighted by molar-refractivity contribution is 6.34. The van der Waals surface area contributed by atoms with Gasteiger partial charge in [-0.2, -0.15) is 0 Å². The molecule has 1 amide bonds. The fourth-order valence-electron chi connectivity index (χ4n) is 3.22. The van der Waals surface area contributed by atoms with E-state index < -0.39 is 0 Å². The lowest BCUT2D eigenvalue weighted by molar-refractivity contribution is 0.0703. The van der Waals surface area contributed by atoms with E-state index in [0.717, 1.165) is 30.2 Å². The molecule has 1 atom stereocenters. The Labute approximate surface area is 129 Å². The Morgan fingerprint density at radius 2 is 2.05 bits per heavy atom. The van der Waals surface area contributed by atoms with Crippen LogP contribution in [-0.4, -0.2) is 28.4 Å². The lowest BCUT2D eigenvalue weighted by Crippen LogP contribution is -2.38. The van der Waals surface area contributed by atoms with E-state index in [1.165, 1.54) is 0 Å². The maximum absolute atomic E-state index is 12.9. The minimum absolute atomic E-state index is 0.0755. The minimum atomic E-state index is 0.0755. The van der Waals surface area contributed by atoms with Crippen molar-refractivity contribution in [3.8, 4) is 0 Å². The topological polar surface area (TPSA) is 33.2 Å². The van der Waals surface area contributed by atoms with Crippen LogP contribution in [0, 0.1) is 5.92 Å². The molecule has 0 spiro atoms. The van der Waals surface area contributed by atoms with E-state index in [9.17, 15) is 4.79 Å². The van der Waals surface area contributed by atoms with Crippen molar-refractivity contribution >= 4 is 28.3 Å². The Bertz CT molecular complexity index is 684. The second-order valence-corrected chi connectivity index (χ2v) is 6.32. The predicted molar refractivity (Wildman–Crippen MR) is 85.6 cm³/mol. The Kier molecular flexibility index (Phi) is 3.85. The van der Waals surface area contributed by atoms with Crippen molar-refractivity contribution in [2.24, 2.45) is 5.92 Å². The summed E-state index contributed by atoms with van der Waals surface area (Å²) in [5.41, 5.74) is 0.655. The summed E-state index contributed by atoms with van der Waals surface area (Å²) in [6.07, 6.45) is 3.78. The van der Waals surface area contributed by atoms with Gasteiger partial charge in [-0.15, -0.1) is 0 Å². The highest BCUT2D eigenvalue weighted by atomic mass is 35.5. The maximum Gasteiger partial charge on any atom is 0.256 e. The van der Waals surface area contributed by atoms with E-state index in [1.807, 2.05) is 29.2 Å². The van der Waals surface area contributed by atoms with Gasteiger partial charge in [0, 0.05) is 24.2 Å². The van der Waals surface area contributed by atoms with Crippen molar-refractivity contribution in [1.29, 1.82) is 0 Å². The zero-order valence-electron chi connectivity index (χ0n) is 12.3. The fourth-order valence-corrected chi connectivity index (χ4v) is 3.43. The molecular formula is C17H19ClN2O. The average Bonchev–Trinajstić information content (AvgIpc) is 2.97. The number of halogens is 1. The Hall–Kier alpha value is -1.61. The predicted octanol–water partition coefficient (Wildman–Crippen LogP) is 4.15. The largest absolute Gasteiger partial charge is 0.335 e. The zero-order chi connectivity index (χ0) is 15.0. The summed E-state index contributed by atoms with van der Waals surface area (Å²) < 4.78 is 0. The number of aromatic nitrogens is 1. The molecule has 1 aromatic carbocycles. The highest BCUT2D eigenvalue weighted by Crippen LogP contribution is 2.29. The molecule has 21 heavy (non-hydrogen) atoms. The summed E-state index contributed by atoms with van der Waals surface area (Å²) >= 11 is 6.14. The third kappa shape index (κ3) is 2.51. The Morgan fingerprint density at radius 3 is 2.76 bits per heavy atom. The lowest BCUT2D eigenvalue weighted by Gasteiger charge is -2.28. The number of amides is 1. The normalized spacial score (nSPS) is 18.7. The first-order chi connectivity index (χ1) is 10.1. The number of nitrogens with zero attached hydrogens (tertiary/aromatic N) is 2. The van der Waals surface area contributed by atoms with Gasteiger partial charge in [0.2, 0.25) is 0 Å². The van der Waals surface area contributed by atoms with Gasteiger partial charge < -0.3 is 4.90 Å². The second kappa shape index (κ2) is 5.64. The number of carbonyl (C=O) groups is 1. The van der Waals surface area contributed by atoms with Crippen LogP contribution >= 0.6 is 11.6 Å². The SMILES string of the molecule is CC(C)C1CCCN1C(=O)c1cnc(Cl)c2ccccc12. The monoisotopic (exact) mass is 302 g/mol. The molecule has 4 heteroatoms. The maximum atomic E-state index is 12.9. The van der Waals surface area contributed by atoms with Crippen molar-refractivity contribution in [2.45, 2.75) is 32.7 Å². The summed E-state index contributed by atoms with van der Waals surface area (Å²) in [5, 5.41) is 2.17. The molecule has 2 heterocycles. The molecule has 1 fully saturated rings. The molecular weight excluding hydrogens is 284 g/mol. The van der Waals surface area contributed by atoms with E-state index in [2.05, 4.69) is 18.8 Å². The summed E-state index contributed by atoms with van der Waals surface area (Å²) in [6, 6.07) is 8.02. The highest BCUT2D eigenvalue weighted by Gasteiger charge is 2.32. The van der Waals surface area contributed by atoms with Crippen LogP contribution in [0.25, 0.3) is 10.8 Å². The molecule has 1 aliphatic heterocycles.